The number of hydrogen-bond acceptors (Lipinski definition) is 5. The van der Waals surface area contributed by atoms with Crippen LogP contribution in [0.5, 0.6) is 0 Å². The predicted octanol–water partition coefficient (Wildman–Crippen LogP) is 0.931. The lowest BCUT2D eigenvalue weighted by atomic mass is 10.5. The lowest BCUT2D eigenvalue weighted by Gasteiger charge is -2.06. The maximum Gasteiger partial charge on any atom is 0.215 e. The highest BCUT2D eigenvalue weighted by molar-refractivity contribution is 7.98. The molecule has 0 aromatic carbocycles. The van der Waals surface area contributed by atoms with E-state index in [1.165, 1.54) is 11.5 Å². The van der Waals surface area contributed by atoms with Crippen LogP contribution in [0.3, 0.4) is 0 Å². The second kappa shape index (κ2) is 7.49. The Morgan fingerprint density at radius 1 is 1.73 bits per heavy atom. The van der Waals surface area contributed by atoms with Crippen LogP contribution in [0, 0.1) is 0 Å². The van der Waals surface area contributed by atoms with Crippen molar-refractivity contribution in [1.29, 1.82) is 0 Å². The van der Waals surface area contributed by atoms with Gasteiger partial charge in [-0.3, -0.25) is 10.2 Å². The van der Waals surface area contributed by atoms with Gasteiger partial charge in [-0.15, -0.1) is 0 Å². The zero-order valence-electron chi connectivity index (χ0n) is 8.43. The van der Waals surface area contributed by atoms with Gasteiger partial charge >= 0.3 is 0 Å². The van der Waals surface area contributed by atoms with Crippen LogP contribution in [0.15, 0.2) is 16.4 Å². The standard InChI is InChI=1S/C8H14N4OS2/c1-9-8(11-13)10-3-5-14-6-7-2-4-15-12-7/h2,4,13H,3,5-6H2,1H3,(H2,9,10,11). The molecule has 0 unspecified atom stereocenters. The minimum Gasteiger partial charge on any atom is -0.354 e. The van der Waals surface area contributed by atoms with Crippen LogP contribution in [0.1, 0.15) is 5.69 Å². The molecule has 1 aromatic heterocycles. The van der Waals surface area contributed by atoms with Gasteiger partial charge in [-0.1, -0.05) is 0 Å². The van der Waals surface area contributed by atoms with E-state index in [0.717, 1.165) is 23.7 Å². The Labute approximate surface area is 97.1 Å². The van der Waals surface area contributed by atoms with E-state index in [4.69, 9.17) is 5.21 Å². The normalized spacial score (nSPS) is 11.5. The predicted molar refractivity (Wildman–Crippen MR) is 64.6 cm³/mol. The van der Waals surface area contributed by atoms with Crippen molar-refractivity contribution in [3.05, 3.63) is 17.1 Å². The van der Waals surface area contributed by atoms with Crippen molar-refractivity contribution >= 4 is 29.3 Å². The van der Waals surface area contributed by atoms with E-state index in [9.17, 15) is 0 Å². The van der Waals surface area contributed by atoms with Gasteiger partial charge in [0.05, 0.1) is 5.69 Å². The number of nitrogens with one attached hydrogen (secondary N) is 2. The van der Waals surface area contributed by atoms with Crippen molar-refractivity contribution in [3.8, 4) is 0 Å². The molecule has 3 N–H and O–H groups in total. The summed E-state index contributed by atoms with van der Waals surface area (Å²) in [6.45, 7) is 0.759. The molecule has 0 aliphatic heterocycles. The first-order chi connectivity index (χ1) is 7.36. The number of nitrogens with zero attached hydrogens (tertiary/aromatic N) is 2. The number of hydrogen-bond donors (Lipinski definition) is 3. The van der Waals surface area contributed by atoms with Gasteiger partial charge in [0, 0.05) is 30.5 Å². The molecule has 0 aliphatic carbocycles. The highest BCUT2D eigenvalue weighted by atomic mass is 32.2. The number of guanidine groups is 1. The number of aromatic nitrogens is 1. The molecule has 1 rings (SSSR count). The van der Waals surface area contributed by atoms with Gasteiger partial charge in [0.15, 0.2) is 0 Å². The molecule has 1 aromatic rings. The van der Waals surface area contributed by atoms with Crippen molar-refractivity contribution in [3.63, 3.8) is 0 Å². The van der Waals surface area contributed by atoms with Gasteiger partial charge in [0.2, 0.25) is 5.96 Å². The van der Waals surface area contributed by atoms with Crippen LogP contribution in [0.25, 0.3) is 0 Å². The van der Waals surface area contributed by atoms with Crippen molar-refractivity contribution in [1.82, 2.24) is 15.2 Å². The summed E-state index contributed by atoms with van der Waals surface area (Å²) in [7, 11) is 1.61. The summed E-state index contributed by atoms with van der Waals surface area (Å²) in [6, 6.07) is 2.03. The second-order valence-electron chi connectivity index (χ2n) is 2.65. The first-order valence-electron chi connectivity index (χ1n) is 4.44. The average Bonchev–Trinajstić information content (AvgIpc) is 2.76. The number of thioether (sulfide) groups is 1. The summed E-state index contributed by atoms with van der Waals surface area (Å²) >= 11 is 3.27. The van der Waals surface area contributed by atoms with E-state index in [0.29, 0.717) is 5.96 Å². The first kappa shape index (κ1) is 12.3. The van der Waals surface area contributed by atoms with Gasteiger partial charge in [0.1, 0.15) is 0 Å². The molecule has 15 heavy (non-hydrogen) atoms. The Kier molecular flexibility index (Phi) is 6.14. The molecule has 84 valence electrons. The second-order valence-corrected chi connectivity index (χ2v) is 4.42. The summed E-state index contributed by atoms with van der Waals surface area (Å²) in [4.78, 5) is 3.78. The number of rotatable bonds is 5. The average molecular weight is 246 g/mol. The molecule has 0 amide bonds. The van der Waals surface area contributed by atoms with Crippen LogP contribution in [-0.2, 0) is 5.75 Å². The molecule has 1 heterocycles. The SMILES string of the molecule is CN=C(NO)NCCSCc1ccsn1. The molecule has 0 saturated heterocycles. The Morgan fingerprint density at radius 3 is 3.20 bits per heavy atom. The fourth-order valence-electron chi connectivity index (χ4n) is 0.899. The molecule has 0 radical (unpaired) electrons. The minimum atomic E-state index is 0.393. The van der Waals surface area contributed by atoms with Gasteiger partial charge in [-0.2, -0.15) is 16.1 Å². The maximum absolute atomic E-state index is 8.57. The van der Waals surface area contributed by atoms with Crippen molar-refractivity contribution in [2.75, 3.05) is 19.3 Å². The molecular weight excluding hydrogens is 232 g/mol. The fourth-order valence-corrected chi connectivity index (χ4v) is 2.28. The maximum atomic E-state index is 8.57. The molecule has 0 fully saturated rings. The van der Waals surface area contributed by atoms with Crippen molar-refractivity contribution < 1.29 is 5.21 Å². The third-order valence-electron chi connectivity index (χ3n) is 1.61. The zero-order chi connectivity index (χ0) is 10.9. The molecule has 7 heteroatoms. The van der Waals surface area contributed by atoms with E-state index in [1.54, 1.807) is 18.8 Å². The van der Waals surface area contributed by atoms with Gasteiger partial charge in [-0.05, 0) is 17.6 Å². The molecular formula is C8H14N4OS2. The quantitative estimate of drug-likeness (QED) is 0.312. The highest BCUT2D eigenvalue weighted by Crippen LogP contribution is 2.10. The monoisotopic (exact) mass is 246 g/mol. The Balaban J connectivity index is 2.02. The minimum absolute atomic E-state index is 0.393. The third kappa shape index (κ3) is 5.01. The summed E-state index contributed by atoms with van der Waals surface area (Å²) in [5.74, 6) is 2.26. The third-order valence-corrected chi connectivity index (χ3v) is 3.20. The van der Waals surface area contributed by atoms with Crippen molar-refractivity contribution in [2.45, 2.75) is 5.75 Å². The molecule has 0 saturated carbocycles. The van der Waals surface area contributed by atoms with E-state index >= 15 is 0 Å². The number of hydroxylamine groups is 1. The molecule has 0 aliphatic rings. The zero-order valence-corrected chi connectivity index (χ0v) is 10.1. The summed E-state index contributed by atoms with van der Waals surface area (Å²) < 4.78 is 4.21. The van der Waals surface area contributed by atoms with E-state index < -0.39 is 0 Å². The molecule has 0 spiro atoms. The number of aliphatic imine (C=N–C) groups is 1. The fraction of sp³-hybridized carbons (Fsp3) is 0.500. The molecule has 0 atom stereocenters. The summed E-state index contributed by atoms with van der Waals surface area (Å²) in [6.07, 6.45) is 0. The largest absolute Gasteiger partial charge is 0.354 e. The van der Waals surface area contributed by atoms with Crippen LogP contribution >= 0.6 is 23.3 Å². The van der Waals surface area contributed by atoms with E-state index in [-0.39, 0.29) is 0 Å². The smallest absolute Gasteiger partial charge is 0.215 e. The first-order valence-corrected chi connectivity index (χ1v) is 6.43. The Morgan fingerprint density at radius 2 is 2.60 bits per heavy atom. The van der Waals surface area contributed by atoms with Crippen molar-refractivity contribution in [2.24, 2.45) is 4.99 Å². The van der Waals surface area contributed by atoms with E-state index in [1.807, 2.05) is 16.9 Å². The topological polar surface area (TPSA) is 69.5 Å². The van der Waals surface area contributed by atoms with Gasteiger partial charge < -0.3 is 5.32 Å². The van der Waals surface area contributed by atoms with Gasteiger partial charge in [0.25, 0.3) is 0 Å². The highest BCUT2D eigenvalue weighted by Gasteiger charge is 1.96. The van der Waals surface area contributed by atoms with E-state index in [2.05, 4.69) is 14.7 Å². The Bertz CT molecular complexity index is 289. The van der Waals surface area contributed by atoms with Crippen LogP contribution in [-0.4, -0.2) is 34.9 Å². The summed E-state index contributed by atoms with van der Waals surface area (Å²) in [5, 5.41) is 13.5. The summed E-state index contributed by atoms with van der Waals surface area (Å²) in [5.41, 5.74) is 3.10. The lowest BCUT2D eigenvalue weighted by Crippen LogP contribution is -2.36. The molecule has 5 nitrogen and oxygen atoms in total. The Hall–Kier alpha value is -0.790. The van der Waals surface area contributed by atoms with Gasteiger partial charge in [-0.25, -0.2) is 5.48 Å². The molecule has 0 bridgehead atoms. The van der Waals surface area contributed by atoms with Crippen LogP contribution < -0.4 is 10.8 Å². The van der Waals surface area contributed by atoms with Crippen LogP contribution in [0.2, 0.25) is 0 Å². The lowest BCUT2D eigenvalue weighted by molar-refractivity contribution is 0.229. The van der Waals surface area contributed by atoms with Crippen LogP contribution in [0.4, 0.5) is 0 Å².